The molecule has 1 heterocycles. The Bertz CT molecular complexity index is 394. The second-order valence-corrected chi connectivity index (χ2v) is 5.34. The van der Waals surface area contributed by atoms with Crippen molar-refractivity contribution < 1.29 is 4.74 Å². The predicted molar refractivity (Wildman–Crippen MR) is 71.5 cm³/mol. The van der Waals surface area contributed by atoms with Crippen molar-refractivity contribution in [2.24, 2.45) is 11.1 Å². The highest BCUT2D eigenvalue weighted by atomic mass is 16.5. The number of nitrogens with two attached hydrogens (primary N) is 1. The highest BCUT2D eigenvalue weighted by molar-refractivity contribution is 5.54. The lowest BCUT2D eigenvalue weighted by Crippen LogP contribution is -2.54. The molecule has 0 saturated carbocycles. The van der Waals surface area contributed by atoms with Crippen LogP contribution < -0.4 is 10.6 Å². The summed E-state index contributed by atoms with van der Waals surface area (Å²) in [5.74, 6) is 0. The number of aryl methyl sites for hydroxylation is 2. The van der Waals surface area contributed by atoms with Crippen molar-refractivity contribution in [2.45, 2.75) is 13.8 Å². The number of benzene rings is 1. The van der Waals surface area contributed by atoms with Crippen LogP contribution in [-0.2, 0) is 4.74 Å². The van der Waals surface area contributed by atoms with E-state index in [1.807, 2.05) is 0 Å². The van der Waals surface area contributed by atoms with E-state index in [2.05, 4.69) is 44.0 Å². The molecule has 2 N–H and O–H groups in total. The highest BCUT2D eigenvalue weighted by Gasteiger charge is 2.38. The normalized spacial score (nSPS) is 17.6. The average molecular weight is 234 g/mol. The second kappa shape index (κ2) is 4.67. The Morgan fingerprint density at radius 3 is 2.59 bits per heavy atom. The third kappa shape index (κ3) is 2.45. The van der Waals surface area contributed by atoms with Crippen LogP contribution in [0.4, 0.5) is 5.69 Å². The van der Waals surface area contributed by atoms with Gasteiger partial charge < -0.3 is 15.4 Å². The molecule has 0 atom stereocenters. The van der Waals surface area contributed by atoms with Gasteiger partial charge >= 0.3 is 0 Å². The first-order chi connectivity index (χ1) is 8.06. The zero-order valence-electron chi connectivity index (χ0n) is 11.0. The van der Waals surface area contributed by atoms with Crippen LogP contribution in [0.2, 0.25) is 0 Å². The molecule has 0 radical (unpaired) electrons. The van der Waals surface area contributed by atoms with Crippen molar-refractivity contribution in [1.82, 2.24) is 0 Å². The average Bonchev–Trinajstić information content (AvgIpc) is 2.26. The molecule has 1 fully saturated rings. The van der Waals surface area contributed by atoms with Crippen LogP contribution in [0.25, 0.3) is 0 Å². The van der Waals surface area contributed by atoms with E-state index in [0.717, 1.165) is 19.8 Å². The van der Waals surface area contributed by atoms with Crippen molar-refractivity contribution >= 4 is 5.69 Å². The van der Waals surface area contributed by atoms with Crippen LogP contribution in [0.3, 0.4) is 0 Å². The van der Waals surface area contributed by atoms with Gasteiger partial charge in [0.15, 0.2) is 0 Å². The van der Waals surface area contributed by atoms with Crippen molar-refractivity contribution in [2.75, 3.05) is 38.3 Å². The van der Waals surface area contributed by atoms with Gasteiger partial charge in [-0.05, 0) is 31.0 Å². The van der Waals surface area contributed by atoms with Crippen LogP contribution in [0.15, 0.2) is 18.2 Å². The lowest BCUT2D eigenvalue weighted by molar-refractivity contribution is -0.101. The standard InChI is InChI=1S/C14H22N2O/c1-11-4-5-12(2)13(6-11)16(3)8-14(7-15)9-17-10-14/h4-6H,7-10,15H2,1-3H3. The molecule has 0 bridgehead atoms. The molecule has 1 aliphatic heterocycles. The number of hydrogen-bond acceptors (Lipinski definition) is 3. The molecule has 2 rings (SSSR count). The second-order valence-electron chi connectivity index (χ2n) is 5.34. The third-order valence-corrected chi connectivity index (χ3v) is 3.60. The number of hydrogen-bond donors (Lipinski definition) is 1. The summed E-state index contributed by atoms with van der Waals surface area (Å²) >= 11 is 0. The first-order valence-corrected chi connectivity index (χ1v) is 6.12. The van der Waals surface area contributed by atoms with Gasteiger partial charge in [0.05, 0.1) is 13.2 Å². The summed E-state index contributed by atoms with van der Waals surface area (Å²) in [5, 5.41) is 0. The van der Waals surface area contributed by atoms with Gasteiger partial charge in [-0.25, -0.2) is 0 Å². The van der Waals surface area contributed by atoms with Gasteiger partial charge in [0, 0.05) is 31.2 Å². The Morgan fingerprint density at radius 1 is 1.35 bits per heavy atom. The van der Waals surface area contributed by atoms with Gasteiger partial charge in [-0.1, -0.05) is 12.1 Å². The Balaban J connectivity index is 2.13. The van der Waals surface area contributed by atoms with Crippen LogP contribution in [0, 0.1) is 19.3 Å². The molecule has 0 spiro atoms. The summed E-state index contributed by atoms with van der Waals surface area (Å²) in [6.45, 7) is 7.52. The van der Waals surface area contributed by atoms with E-state index < -0.39 is 0 Å². The lowest BCUT2D eigenvalue weighted by Gasteiger charge is -2.43. The molecular weight excluding hydrogens is 212 g/mol. The van der Waals surface area contributed by atoms with Crippen molar-refractivity contribution in [3.05, 3.63) is 29.3 Å². The van der Waals surface area contributed by atoms with Crippen molar-refractivity contribution in [1.29, 1.82) is 0 Å². The van der Waals surface area contributed by atoms with Gasteiger partial charge in [-0.2, -0.15) is 0 Å². The summed E-state index contributed by atoms with van der Waals surface area (Å²) in [6, 6.07) is 6.56. The molecule has 3 heteroatoms. The lowest BCUT2D eigenvalue weighted by atomic mass is 9.85. The summed E-state index contributed by atoms with van der Waals surface area (Å²) in [6.07, 6.45) is 0. The SMILES string of the molecule is Cc1ccc(C)c(N(C)CC2(CN)COC2)c1. The Morgan fingerprint density at radius 2 is 2.06 bits per heavy atom. The maximum absolute atomic E-state index is 5.86. The minimum absolute atomic E-state index is 0.158. The fourth-order valence-corrected chi connectivity index (χ4v) is 2.38. The largest absolute Gasteiger partial charge is 0.380 e. The molecule has 3 nitrogen and oxygen atoms in total. The fraction of sp³-hybridized carbons (Fsp3) is 0.571. The van der Waals surface area contributed by atoms with Gasteiger partial charge in [-0.3, -0.25) is 0 Å². The smallest absolute Gasteiger partial charge is 0.0574 e. The molecular formula is C14H22N2O. The molecule has 0 aromatic heterocycles. The highest BCUT2D eigenvalue weighted by Crippen LogP contribution is 2.30. The zero-order chi connectivity index (χ0) is 12.5. The van der Waals surface area contributed by atoms with Gasteiger partial charge in [0.25, 0.3) is 0 Å². The van der Waals surface area contributed by atoms with E-state index in [1.165, 1.54) is 16.8 Å². The first-order valence-electron chi connectivity index (χ1n) is 6.12. The van der Waals surface area contributed by atoms with Gasteiger partial charge in [0.2, 0.25) is 0 Å². The summed E-state index contributed by atoms with van der Waals surface area (Å²) < 4.78 is 5.31. The van der Waals surface area contributed by atoms with Gasteiger partial charge in [-0.15, -0.1) is 0 Å². The van der Waals surface area contributed by atoms with Crippen LogP contribution in [0.1, 0.15) is 11.1 Å². The van der Waals surface area contributed by atoms with E-state index in [4.69, 9.17) is 10.5 Å². The van der Waals surface area contributed by atoms with Crippen LogP contribution >= 0.6 is 0 Å². The number of ether oxygens (including phenoxy) is 1. The first kappa shape index (κ1) is 12.4. The fourth-order valence-electron chi connectivity index (χ4n) is 2.38. The Kier molecular flexibility index (Phi) is 3.40. The molecule has 0 aliphatic carbocycles. The monoisotopic (exact) mass is 234 g/mol. The molecule has 1 saturated heterocycles. The van der Waals surface area contributed by atoms with E-state index in [9.17, 15) is 0 Å². The Hall–Kier alpha value is -1.06. The van der Waals surface area contributed by atoms with Gasteiger partial charge in [0.1, 0.15) is 0 Å². The maximum Gasteiger partial charge on any atom is 0.0574 e. The van der Waals surface area contributed by atoms with E-state index in [-0.39, 0.29) is 5.41 Å². The van der Waals surface area contributed by atoms with Crippen LogP contribution in [-0.4, -0.2) is 33.4 Å². The van der Waals surface area contributed by atoms with Crippen molar-refractivity contribution in [3.63, 3.8) is 0 Å². The predicted octanol–water partition coefficient (Wildman–Crippen LogP) is 1.71. The third-order valence-electron chi connectivity index (χ3n) is 3.60. The quantitative estimate of drug-likeness (QED) is 0.862. The summed E-state index contributed by atoms with van der Waals surface area (Å²) in [5.41, 5.74) is 9.92. The number of anilines is 1. The maximum atomic E-state index is 5.86. The van der Waals surface area contributed by atoms with E-state index in [1.54, 1.807) is 0 Å². The number of rotatable bonds is 4. The topological polar surface area (TPSA) is 38.5 Å². The van der Waals surface area contributed by atoms with E-state index in [0.29, 0.717) is 6.54 Å². The molecule has 1 aliphatic rings. The summed E-state index contributed by atoms with van der Waals surface area (Å²) in [7, 11) is 2.14. The molecule has 0 unspecified atom stereocenters. The minimum Gasteiger partial charge on any atom is -0.380 e. The van der Waals surface area contributed by atoms with E-state index >= 15 is 0 Å². The van der Waals surface area contributed by atoms with Crippen molar-refractivity contribution in [3.8, 4) is 0 Å². The molecule has 1 aromatic carbocycles. The Labute approximate surface area is 104 Å². The minimum atomic E-state index is 0.158. The molecule has 17 heavy (non-hydrogen) atoms. The zero-order valence-corrected chi connectivity index (χ0v) is 11.0. The van der Waals surface area contributed by atoms with Crippen LogP contribution in [0.5, 0.6) is 0 Å². The number of nitrogens with zero attached hydrogens (tertiary/aromatic N) is 1. The summed E-state index contributed by atoms with van der Waals surface area (Å²) in [4.78, 5) is 2.30. The molecule has 0 amide bonds. The molecule has 1 aromatic rings. The molecule has 94 valence electrons.